The molecule has 0 aliphatic carbocycles. The van der Waals surface area contributed by atoms with E-state index in [1.54, 1.807) is 26.0 Å². The summed E-state index contributed by atoms with van der Waals surface area (Å²) < 4.78 is 16.7. The van der Waals surface area contributed by atoms with Crippen LogP contribution < -0.4 is 15.0 Å². The van der Waals surface area contributed by atoms with Crippen molar-refractivity contribution < 1.29 is 23.8 Å². The molecular formula is C27H43N3O5. The highest BCUT2D eigenvalue weighted by molar-refractivity contribution is 6.03. The van der Waals surface area contributed by atoms with Gasteiger partial charge in [0.05, 0.1) is 18.7 Å². The van der Waals surface area contributed by atoms with Crippen molar-refractivity contribution in [3.63, 3.8) is 0 Å². The lowest BCUT2D eigenvalue weighted by Crippen LogP contribution is -2.57. The average Bonchev–Trinajstić information content (AvgIpc) is 2.81. The predicted octanol–water partition coefficient (Wildman–Crippen LogP) is 3.08. The van der Waals surface area contributed by atoms with E-state index in [0.29, 0.717) is 25.3 Å². The second-order valence-corrected chi connectivity index (χ2v) is 10.2. The van der Waals surface area contributed by atoms with Crippen molar-refractivity contribution in [3.8, 4) is 5.75 Å². The number of carbonyl (C=O) groups excluding carboxylic acids is 2. The molecular weight excluding hydrogens is 446 g/mol. The number of anilines is 1. The molecule has 0 spiro atoms. The van der Waals surface area contributed by atoms with Crippen LogP contribution in [0.3, 0.4) is 0 Å². The first-order valence-electron chi connectivity index (χ1n) is 12.9. The first-order chi connectivity index (χ1) is 16.7. The maximum Gasteiger partial charge on any atom is 0.273 e. The largest absolute Gasteiger partial charge is 0.473 e. The highest BCUT2D eigenvalue weighted by atomic mass is 16.5. The summed E-state index contributed by atoms with van der Waals surface area (Å²) in [6, 6.07) is 4.27. The van der Waals surface area contributed by atoms with Crippen LogP contribution in [0, 0.1) is 6.92 Å². The highest BCUT2D eigenvalue weighted by Gasteiger charge is 2.45. The number of carbonyl (C=O) groups is 2. The highest BCUT2D eigenvalue weighted by Crippen LogP contribution is 2.40. The molecule has 0 bridgehead atoms. The molecule has 0 radical (unpaired) electrons. The lowest BCUT2D eigenvalue weighted by atomic mass is 9.96. The number of methoxy groups -OCH3 is 2. The van der Waals surface area contributed by atoms with Gasteiger partial charge in [-0.05, 0) is 83.2 Å². The van der Waals surface area contributed by atoms with Crippen molar-refractivity contribution in [1.82, 2.24) is 10.2 Å². The fourth-order valence-electron chi connectivity index (χ4n) is 5.22. The van der Waals surface area contributed by atoms with E-state index in [0.717, 1.165) is 55.6 Å². The van der Waals surface area contributed by atoms with Crippen LogP contribution in [-0.2, 0) is 25.5 Å². The molecule has 1 aromatic carbocycles. The third-order valence-corrected chi connectivity index (χ3v) is 6.99. The number of hydrogen-bond donors (Lipinski definition) is 1. The molecule has 8 nitrogen and oxygen atoms in total. The van der Waals surface area contributed by atoms with E-state index < -0.39 is 5.60 Å². The van der Waals surface area contributed by atoms with E-state index in [1.165, 1.54) is 0 Å². The fourth-order valence-corrected chi connectivity index (χ4v) is 5.22. The number of benzene rings is 1. The topological polar surface area (TPSA) is 80.3 Å². The van der Waals surface area contributed by atoms with E-state index in [-0.39, 0.29) is 30.5 Å². The molecule has 0 unspecified atom stereocenters. The number of rotatable bonds is 11. The van der Waals surface area contributed by atoms with E-state index in [4.69, 9.17) is 14.2 Å². The third kappa shape index (κ3) is 6.35. The molecule has 2 atom stereocenters. The molecule has 3 rings (SSSR count). The number of unbranched alkanes of at least 4 members (excludes halogenated alkanes) is 1. The predicted molar refractivity (Wildman–Crippen MR) is 137 cm³/mol. The number of nitrogens with one attached hydrogen (secondary N) is 1. The fraction of sp³-hybridized carbons (Fsp3) is 0.704. The summed E-state index contributed by atoms with van der Waals surface area (Å²) in [5.41, 5.74) is 1.55. The number of ether oxygens (including phenoxy) is 3. The van der Waals surface area contributed by atoms with Crippen LogP contribution in [0.15, 0.2) is 12.1 Å². The van der Waals surface area contributed by atoms with E-state index in [9.17, 15) is 9.59 Å². The van der Waals surface area contributed by atoms with Crippen LogP contribution in [-0.4, -0.2) is 81.5 Å². The lowest BCUT2D eigenvalue weighted by Gasteiger charge is -2.41. The average molecular weight is 490 g/mol. The maximum atomic E-state index is 13.5. The summed E-state index contributed by atoms with van der Waals surface area (Å²) >= 11 is 0. The van der Waals surface area contributed by atoms with Crippen molar-refractivity contribution in [1.29, 1.82) is 0 Å². The number of aryl methyl sites for hydroxylation is 1. The molecule has 2 amide bonds. The molecule has 8 heteroatoms. The second-order valence-electron chi connectivity index (χ2n) is 10.2. The van der Waals surface area contributed by atoms with Gasteiger partial charge < -0.3 is 29.3 Å². The Bertz CT molecular complexity index is 884. The third-order valence-electron chi connectivity index (χ3n) is 6.99. The zero-order chi connectivity index (χ0) is 25.6. The SMILES string of the molecule is COCCCCN1C(=O)[C@@](C)(COC)Oc2cc(C)c(CC(=O)N(C(C)C)[C@@H]3CCCNC3)cc21. The van der Waals surface area contributed by atoms with Gasteiger partial charge in [-0.3, -0.25) is 9.59 Å². The molecule has 1 N–H and O–H groups in total. The molecule has 1 fully saturated rings. The first-order valence-corrected chi connectivity index (χ1v) is 12.9. The molecule has 196 valence electrons. The number of fused-ring (bicyclic) bond motifs is 1. The molecule has 2 heterocycles. The monoisotopic (exact) mass is 489 g/mol. The smallest absolute Gasteiger partial charge is 0.273 e. The molecule has 35 heavy (non-hydrogen) atoms. The summed E-state index contributed by atoms with van der Waals surface area (Å²) in [6.07, 6.45) is 4.06. The quantitative estimate of drug-likeness (QED) is 0.481. The minimum atomic E-state index is -1.09. The minimum Gasteiger partial charge on any atom is -0.473 e. The van der Waals surface area contributed by atoms with E-state index in [2.05, 4.69) is 19.2 Å². The summed E-state index contributed by atoms with van der Waals surface area (Å²) in [7, 11) is 3.25. The van der Waals surface area contributed by atoms with Crippen molar-refractivity contribution in [2.24, 2.45) is 0 Å². The van der Waals surface area contributed by atoms with Crippen LogP contribution >= 0.6 is 0 Å². The molecule has 2 aliphatic rings. The van der Waals surface area contributed by atoms with Gasteiger partial charge in [-0.2, -0.15) is 0 Å². The minimum absolute atomic E-state index is 0.121. The van der Waals surface area contributed by atoms with Gasteiger partial charge in [-0.15, -0.1) is 0 Å². The van der Waals surface area contributed by atoms with Crippen LogP contribution in [0.25, 0.3) is 0 Å². The van der Waals surface area contributed by atoms with Gasteiger partial charge in [-0.25, -0.2) is 0 Å². The Morgan fingerprint density at radius 1 is 1.29 bits per heavy atom. The van der Waals surface area contributed by atoms with Gasteiger partial charge in [0.1, 0.15) is 5.75 Å². The number of piperidine rings is 1. The summed E-state index contributed by atoms with van der Waals surface area (Å²) in [5.74, 6) is 0.653. The van der Waals surface area contributed by atoms with Gasteiger partial charge in [0.15, 0.2) is 0 Å². The van der Waals surface area contributed by atoms with Gasteiger partial charge in [0.2, 0.25) is 11.5 Å². The molecule has 1 aromatic rings. The Balaban J connectivity index is 1.89. The standard InChI is InChI=1S/C27H43N3O5/c1-19(2)30(22-10-9-11-28-17-22)25(31)16-21-15-23-24(14-20(21)3)35-27(4,18-34-6)26(32)29(23)12-7-8-13-33-5/h14-15,19,22,28H,7-13,16-18H2,1-6H3/t22-,27-/m1/s1. The van der Waals surface area contributed by atoms with Crippen molar-refractivity contribution in [3.05, 3.63) is 23.3 Å². The zero-order valence-electron chi connectivity index (χ0n) is 22.3. The summed E-state index contributed by atoms with van der Waals surface area (Å²) in [4.78, 5) is 30.8. The van der Waals surface area contributed by atoms with Crippen molar-refractivity contribution in [2.75, 3.05) is 52.0 Å². The van der Waals surface area contributed by atoms with Crippen LogP contribution in [0.4, 0.5) is 5.69 Å². The first kappa shape index (κ1) is 27.4. The number of nitrogens with zero attached hydrogens (tertiary/aromatic N) is 2. The van der Waals surface area contributed by atoms with Crippen molar-refractivity contribution >= 4 is 17.5 Å². The molecule has 0 aromatic heterocycles. The maximum absolute atomic E-state index is 13.5. The van der Waals surface area contributed by atoms with E-state index >= 15 is 0 Å². The Morgan fingerprint density at radius 3 is 2.69 bits per heavy atom. The summed E-state index contributed by atoms with van der Waals surface area (Å²) in [5, 5.41) is 3.42. The lowest BCUT2D eigenvalue weighted by molar-refractivity contribution is -0.138. The van der Waals surface area contributed by atoms with Crippen LogP contribution in [0.2, 0.25) is 0 Å². The Kier molecular flexibility index (Phi) is 9.55. The van der Waals surface area contributed by atoms with Crippen molar-refractivity contribution in [2.45, 2.75) is 77.5 Å². The normalized spacial score (nSPS) is 22.2. The Morgan fingerprint density at radius 2 is 2.06 bits per heavy atom. The van der Waals surface area contributed by atoms with Gasteiger partial charge in [0.25, 0.3) is 5.91 Å². The Hall–Kier alpha value is -2.16. The number of hydrogen-bond acceptors (Lipinski definition) is 6. The van der Waals surface area contributed by atoms with E-state index in [1.807, 2.05) is 24.0 Å². The van der Waals surface area contributed by atoms with Crippen LogP contribution in [0.5, 0.6) is 5.75 Å². The van der Waals surface area contributed by atoms with Gasteiger partial charge in [-0.1, -0.05) is 0 Å². The second kappa shape index (κ2) is 12.2. The zero-order valence-corrected chi connectivity index (χ0v) is 22.3. The molecule has 1 saturated heterocycles. The molecule has 2 aliphatic heterocycles. The molecule has 0 saturated carbocycles. The Labute approximate surface area is 210 Å². The van der Waals surface area contributed by atoms with Gasteiger partial charge >= 0.3 is 0 Å². The van der Waals surface area contributed by atoms with Crippen LogP contribution in [0.1, 0.15) is 57.6 Å². The number of amides is 2. The summed E-state index contributed by atoms with van der Waals surface area (Å²) in [6.45, 7) is 11.2. The van der Waals surface area contributed by atoms with Gasteiger partial charge in [0, 0.05) is 46.0 Å².